The van der Waals surface area contributed by atoms with Gasteiger partial charge >= 0.3 is 0 Å². The number of nitrogens with zero attached hydrogens (tertiary/aromatic N) is 2. The molecule has 0 spiro atoms. The first-order valence-electron chi connectivity index (χ1n) is 4.51. The number of aromatic nitrogens is 2. The lowest BCUT2D eigenvalue weighted by atomic mass is 10.2. The molecule has 1 heterocycles. The highest BCUT2D eigenvalue weighted by molar-refractivity contribution is 6.06. The van der Waals surface area contributed by atoms with Gasteiger partial charge in [0.2, 0.25) is 0 Å². The molecule has 0 unspecified atom stereocenters. The van der Waals surface area contributed by atoms with Crippen molar-refractivity contribution >= 4 is 20.1 Å². The molecule has 0 N–H and O–H groups in total. The lowest BCUT2D eigenvalue weighted by molar-refractivity contribution is 0.984. The van der Waals surface area contributed by atoms with Gasteiger partial charge < -0.3 is 4.59 Å². The van der Waals surface area contributed by atoms with Crippen molar-refractivity contribution in [3.05, 3.63) is 34.8 Å². The van der Waals surface area contributed by atoms with E-state index in [4.69, 9.17) is 7.98 Å². The van der Waals surface area contributed by atoms with Gasteiger partial charge in [0.15, 0.2) is 0 Å². The maximum absolute atomic E-state index is 5.53. The predicted octanol–water partition coefficient (Wildman–Crippen LogP) is 2.43. The Labute approximate surface area is 86.1 Å². The van der Waals surface area contributed by atoms with Crippen molar-refractivity contribution in [2.45, 2.75) is 20.8 Å². The predicted molar refractivity (Wildman–Crippen MR) is 60.9 cm³/mol. The standard InChI is InChI=1S/C11H13BN2/c1-4-5-11-10(7-6-9(2)3)8-14(12)13-11/h4-5,7-8H,1-3H3/b5-4-. The third-order valence-electron chi connectivity index (χ3n) is 1.63. The van der Waals surface area contributed by atoms with Gasteiger partial charge in [-0.25, -0.2) is 0 Å². The minimum absolute atomic E-state index is 0.865. The van der Waals surface area contributed by atoms with Crippen LogP contribution in [0.2, 0.25) is 0 Å². The Kier molecular flexibility index (Phi) is 3.55. The summed E-state index contributed by atoms with van der Waals surface area (Å²) in [6.45, 7) is 5.95. The fourth-order valence-electron chi connectivity index (χ4n) is 1.04. The summed E-state index contributed by atoms with van der Waals surface area (Å²) in [5.41, 5.74) is 6.09. The summed E-state index contributed by atoms with van der Waals surface area (Å²) in [5.74, 6) is 0. The smallest absolute Gasteiger partial charge is 0.264 e. The molecule has 14 heavy (non-hydrogen) atoms. The summed E-state index contributed by atoms with van der Waals surface area (Å²) in [6.07, 6.45) is 7.51. The van der Waals surface area contributed by atoms with E-state index in [9.17, 15) is 0 Å². The Balaban J connectivity index is 3.14. The van der Waals surface area contributed by atoms with E-state index < -0.39 is 0 Å². The second-order valence-corrected chi connectivity index (χ2v) is 3.24. The van der Waals surface area contributed by atoms with E-state index >= 15 is 0 Å². The van der Waals surface area contributed by atoms with E-state index in [1.807, 2.05) is 39.0 Å². The monoisotopic (exact) mass is 184 g/mol. The van der Waals surface area contributed by atoms with Crippen molar-refractivity contribution in [2.24, 2.45) is 0 Å². The van der Waals surface area contributed by atoms with Gasteiger partial charge in [-0.05, 0) is 38.5 Å². The molecule has 3 heteroatoms. The molecule has 0 aromatic carbocycles. The molecule has 70 valence electrons. The zero-order valence-corrected chi connectivity index (χ0v) is 8.78. The second kappa shape index (κ2) is 4.68. The minimum Gasteiger partial charge on any atom is -0.330 e. The van der Waals surface area contributed by atoms with Gasteiger partial charge in [-0.3, -0.25) is 0 Å². The molecular weight excluding hydrogens is 171 g/mol. The van der Waals surface area contributed by atoms with Crippen LogP contribution in [0.15, 0.2) is 23.6 Å². The van der Waals surface area contributed by atoms with E-state index in [1.165, 1.54) is 4.59 Å². The molecule has 0 aliphatic rings. The van der Waals surface area contributed by atoms with Crippen LogP contribution in [-0.2, 0) is 0 Å². The molecular formula is C11H13BN2. The van der Waals surface area contributed by atoms with E-state index in [0.717, 1.165) is 16.8 Å². The maximum Gasteiger partial charge on any atom is 0.264 e. The number of hydrogen-bond acceptors (Lipinski definition) is 1. The SMILES string of the molecule is [B]n1cc(C=C=C(C)C)c(/C=C\C)n1. The summed E-state index contributed by atoms with van der Waals surface area (Å²) >= 11 is 0. The van der Waals surface area contributed by atoms with Crippen molar-refractivity contribution in [3.63, 3.8) is 0 Å². The highest BCUT2D eigenvalue weighted by atomic mass is 15.2. The zero-order valence-electron chi connectivity index (χ0n) is 8.78. The highest BCUT2D eigenvalue weighted by Crippen LogP contribution is 2.09. The molecule has 0 saturated heterocycles. The Morgan fingerprint density at radius 1 is 1.57 bits per heavy atom. The van der Waals surface area contributed by atoms with Crippen LogP contribution in [0, 0.1) is 0 Å². The maximum atomic E-state index is 5.53. The van der Waals surface area contributed by atoms with Crippen LogP contribution in [0.25, 0.3) is 12.2 Å². The van der Waals surface area contributed by atoms with Crippen LogP contribution < -0.4 is 0 Å². The van der Waals surface area contributed by atoms with Crippen molar-refractivity contribution in [1.29, 1.82) is 0 Å². The first-order chi connectivity index (χ1) is 6.63. The molecule has 0 fully saturated rings. The molecule has 0 atom stereocenters. The summed E-state index contributed by atoms with van der Waals surface area (Å²) in [7, 11) is 5.53. The molecule has 2 radical (unpaired) electrons. The average molecular weight is 184 g/mol. The molecule has 0 aliphatic heterocycles. The zero-order chi connectivity index (χ0) is 10.6. The molecule has 0 amide bonds. The quantitative estimate of drug-likeness (QED) is 0.509. The van der Waals surface area contributed by atoms with E-state index in [1.54, 1.807) is 6.20 Å². The molecule has 1 aromatic rings. The van der Waals surface area contributed by atoms with Crippen molar-refractivity contribution < 1.29 is 0 Å². The number of rotatable bonds is 2. The van der Waals surface area contributed by atoms with E-state index in [0.29, 0.717) is 0 Å². The molecule has 2 nitrogen and oxygen atoms in total. The van der Waals surface area contributed by atoms with Crippen LogP contribution >= 0.6 is 0 Å². The van der Waals surface area contributed by atoms with Gasteiger partial charge in [0.1, 0.15) is 0 Å². The number of allylic oxidation sites excluding steroid dienone is 2. The second-order valence-electron chi connectivity index (χ2n) is 3.24. The van der Waals surface area contributed by atoms with Crippen LogP contribution in [0.1, 0.15) is 32.0 Å². The molecule has 1 rings (SSSR count). The Hall–Kier alpha value is -1.47. The summed E-state index contributed by atoms with van der Waals surface area (Å²) in [4.78, 5) is 0. The van der Waals surface area contributed by atoms with Gasteiger partial charge in [0, 0.05) is 11.8 Å². The van der Waals surface area contributed by atoms with Crippen molar-refractivity contribution in [3.8, 4) is 0 Å². The van der Waals surface area contributed by atoms with Gasteiger partial charge in [-0.1, -0.05) is 6.08 Å². The van der Waals surface area contributed by atoms with Crippen molar-refractivity contribution in [1.82, 2.24) is 9.69 Å². The third kappa shape index (κ3) is 2.79. The Morgan fingerprint density at radius 2 is 2.29 bits per heavy atom. The Bertz CT molecular complexity index is 403. The van der Waals surface area contributed by atoms with Gasteiger partial charge in [0.05, 0.1) is 5.69 Å². The fraction of sp³-hybridized carbons (Fsp3) is 0.273. The highest BCUT2D eigenvalue weighted by Gasteiger charge is 1.99. The van der Waals surface area contributed by atoms with Crippen LogP contribution in [-0.4, -0.2) is 17.7 Å². The van der Waals surface area contributed by atoms with Crippen LogP contribution in [0.4, 0.5) is 0 Å². The Morgan fingerprint density at radius 3 is 2.86 bits per heavy atom. The number of hydrogen-bond donors (Lipinski definition) is 0. The van der Waals surface area contributed by atoms with Crippen LogP contribution in [0.3, 0.4) is 0 Å². The molecule has 0 saturated carbocycles. The normalized spacial score (nSPS) is 10.2. The largest absolute Gasteiger partial charge is 0.330 e. The molecule has 0 aliphatic carbocycles. The lowest BCUT2D eigenvalue weighted by Gasteiger charge is -1.86. The average Bonchev–Trinajstić information content (AvgIpc) is 2.44. The molecule has 1 aromatic heterocycles. The van der Waals surface area contributed by atoms with Gasteiger partial charge in [-0.15, -0.1) is 5.73 Å². The topological polar surface area (TPSA) is 17.8 Å². The van der Waals surface area contributed by atoms with Gasteiger partial charge in [-0.2, -0.15) is 5.10 Å². The fourth-order valence-corrected chi connectivity index (χ4v) is 1.04. The minimum atomic E-state index is 0.865. The summed E-state index contributed by atoms with van der Waals surface area (Å²) in [5, 5.41) is 4.11. The third-order valence-corrected chi connectivity index (χ3v) is 1.63. The molecule has 0 bridgehead atoms. The van der Waals surface area contributed by atoms with E-state index in [2.05, 4.69) is 10.8 Å². The first kappa shape index (κ1) is 10.6. The van der Waals surface area contributed by atoms with Crippen LogP contribution in [0.5, 0.6) is 0 Å². The lowest BCUT2D eigenvalue weighted by Crippen LogP contribution is -1.90. The van der Waals surface area contributed by atoms with Gasteiger partial charge in [0.25, 0.3) is 7.98 Å². The van der Waals surface area contributed by atoms with E-state index in [-0.39, 0.29) is 0 Å². The summed E-state index contributed by atoms with van der Waals surface area (Å²) < 4.78 is 1.31. The van der Waals surface area contributed by atoms with Crippen molar-refractivity contribution in [2.75, 3.05) is 0 Å². The first-order valence-corrected chi connectivity index (χ1v) is 4.51. The summed E-state index contributed by atoms with van der Waals surface area (Å²) in [6, 6.07) is 0.